The Kier molecular flexibility index (Phi) is 4.57. The molecule has 22 heavy (non-hydrogen) atoms. The molecule has 1 aromatic carbocycles. The zero-order valence-electron chi connectivity index (χ0n) is 12.1. The van der Waals surface area contributed by atoms with Crippen molar-refractivity contribution < 1.29 is 13.3 Å². The maximum Gasteiger partial charge on any atom is 0.269 e. The molecule has 1 atom stereocenters. The zero-order valence-corrected chi connectivity index (χ0v) is 12.9. The summed E-state index contributed by atoms with van der Waals surface area (Å²) in [6.07, 6.45) is 1.77. The molecule has 2 aromatic rings. The lowest BCUT2D eigenvalue weighted by molar-refractivity contribution is -0.384. The molecule has 0 saturated heterocycles. The highest BCUT2D eigenvalue weighted by molar-refractivity contribution is 7.89. The second-order valence-corrected chi connectivity index (χ2v) is 6.40. The minimum Gasteiger partial charge on any atom is -0.273 e. The van der Waals surface area contributed by atoms with Crippen molar-refractivity contribution in [2.24, 2.45) is 0 Å². The van der Waals surface area contributed by atoms with Gasteiger partial charge in [-0.3, -0.25) is 14.8 Å². The van der Waals surface area contributed by atoms with Gasteiger partial charge in [0.25, 0.3) is 5.69 Å². The highest BCUT2D eigenvalue weighted by atomic mass is 32.2. The van der Waals surface area contributed by atoms with Crippen LogP contribution in [0, 0.1) is 10.1 Å². The third-order valence-corrected chi connectivity index (χ3v) is 4.68. The van der Waals surface area contributed by atoms with Crippen molar-refractivity contribution in [3.63, 3.8) is 0 Å². The highest BCUT2D eigenvalue weighted by Gasteiger charge is 2.20. The predicted octanol–water partition coefficient (Wildman–Crippen LogP) is 1.85. The molecular weight excluding hydrogens is 308 g/mol. The third-order valence-electron chi connectivity index (χ3n) is 3.12. The number of sulfonamides is 1. The Labute approximate surface area is 128 Å². The molecule has 1 aromatic heterocycles. The van der Waals surface area contributed by atoms with Crippen LogP contribution in [0.15, 0.2) is 41.4 Å². The smallest absolute Gasteiger partial charge is 0.269 e. The lowest BCUT2D eigenvalue weighted by atomic mass is 10.3. The largest absolute Gasteiger partial charge is 0.273 e. The van der Waals surface area contributed by atoms with Crippen molar-refractivity contribution in [3.05, 3.63) is 52.3 Å². The number of nitrogens with one attached hydrogen (secondary N) is 1. The Bertz CT molecular complexity index is 768. The number of aromatic nitrogens is 2. The molecule has 0 fully saturated rings. The van der Waals surface area contributed by atoms with E-state index in [1.54, 1.807) is 23.9 Å². The highest BCUT2D eigenvalue weighted by Crippen LogP contribution is 2.18. The number of aryl methyl sites for hydroxylation is 1. The molecule has 9 heteroatoms. The van der Waals surface area contributed by atoms with Crippen LogP contribution in [0.25, 0.3) is 0 Å². The summed E-state index contributed by atoms with van der Waals surface area (Å²) in [5, 5.41) is 14.8. The predicted molar refractivity (Wildman–Crippen MR) is 79.7 cm³/mol. The molecule has 1 heterocycles. The van der Waals surface area contributed by atoms with E-state index in [1.165, 1.54) is 12.1 Å². The summed E-state index contributed by atoms with van der Waals surface area (Å²) in [5.41, 5.74) is 0.445. The molecule has 0 aliphatic rings. The lowest BCUT2D eigenvalue weighted by Gasteiger charge is -2.12. The molecule has 0 saturated carbocycles. The first kappa shape index (κ1) is 16.1. The zero-order chi connectivity index (χ0) is 16.3. The normalized spacial score (nSPS) is 13.0. The Morgan fingerprint density at radius 3 is 2.45 bits per heavy atom. The Morgan fingerprint density at radius 2 is 1.95 bits per heavy atom. The number of nitrogens with zero attached hydrogens (tertiary/aromatic N) is 3. The van der Waals surface area contributed by atoms with Gasteiger partial charge in [-0.05, 0) is 32.0 Å². The molecule has 118 valence electrons. The van der Waals surface area contributed by atoms with Gasteiger partial charge in [0.2, 0.25) is 10.0 Å². The maximum absolute atomic E-state index is 12.3. The Hall–Kier alpha value is -2.26. The molecule has 8 nitrogen and oxygen atoms in total. The van der Waals surface area contributed by atoms with Crippen LogP contribution in [0.3, 0.4) is 0 Å². The van der Waals surface area contributed by atoms with Gasteiger partial charge < -0.3 is 0 Å². The number of rotatable bonds is 6. The van der Waals surface area contributed by atoms with E-state index >= 15 is 0 Å². The van der Waals surface area contributed by atoms with Gasteiger partial charge in [0, 0.05) is 24.9 Å². The van der Waals surface area contributed by atoms with Crippen molar-refractivity contribution in [2.75, 3.05) is 0 Å². The summed E-state index contributed by atoms with van der Waals surface area (Å²) in [6, 6.07) is 5.96. The van der Waals surface area contributed by atoms with E-state index in [4.69, 9.17) is 0 Å². The summed E-state index contributed by atoms with van der Waals surface area (Å²) in [5.74, 6) is 0. The van der Waals surface area contributed by atoms with Crippen molar-refractivity contribution >= 4 is 15.7 Å². The van der Waals surface area contributed by atoms with E-state index in [9.17, 15) is 18.5 Å². The summed E-state index contributed by atoms with van der Waals surface area (Å²) in [6.45, 7) is 4.32. The molecule has 0 radical (unpaired) electrons. The summed E-state index contributed by atoms with van der Waals surface area (Å²) in [4.78, 5) is 9.98. The minimum atomic E-state index is -3.77. The van der Waals surface area contributed by atoms with Gasteiger partial charge in [-0.2, -0.15) is 5.10 Å². The van der Waals surface area contributed by atoms with Crippen molar-refractivity contribution in [1.29, 1.82) is 0 Å². The van der Waals surface area contributed by atoms with Crippen LogP contribution in [0.1, 0.15) is 25.6 Å². The molecule has 0 aliphatic heterocycles. The first-order valence-electron chi connectivity index (χ1n) is 6.63. The molecule has 1 N–H and O–H groups in total. The monoisotopic (exact) mass is 324 g/mol. The van der Waals surface area contributed by atoms with E-state index in [2.05, 4.69) is 9.82 Å². The van der Waals surface area contributed by atoms with Crippen molar-refractivity contribution in [1.82, 2.24) is 14.5 Å². The van der Waals surface area contributed by atoms with Gasteiger partial charge in [0.05, 0.1) is 21.6 Å². The Balaban J connectivity index is 2.17. The summed E-state index contributed by atoms with van der Waals surface area (Å²) in [7, 11) is -3.77. The number of non-ortho nitro benzene ring substituents is 1. The number of benzene rings is 1. The summed E-state index contributed by atoms with van der Waals surface area (Å²) < 4.78 is 28.7. The number of hydrogen-bond donors (Lipinski definition) is 1. The SMILES string of the molecule is CCn1ccc(C(C)NS(=O)(=O)c2ccc([N+](=O)[O-])cc2)n1. The molecule has 0 bridgehead atoms. The van der Waals surface area contributed by atoms with Crippen LogP contribution in [0.5, 0.6) is 0 Å². The van der Waals surface area contributed by atoms with Crippen molar-refractivity contribution in [3.8, 4) is 0 Å². The Morgan fingerprint density at radius 1 is 1.32 bits per heavy atom. The first-order chi connectivity index (χ1) is 10.3. The number of hydrogen-bond acceptors (Lipinski definition) is 5. The average molecular weight is 324 g/mol. The number of nitro benzene ring substituents is 1. The second-order valence-electron chi connectivity index (χ2n) is 4.69. The van der Waals surface area contributed by atoms with E-state index in [0.717, 1.165) is 12.1 Å². The lowest BCUT2D eigenvalue weighted by Crippen LogP contribution is -2.27. The fourth-order valence-electron chi connectivity index (χ4n) is 1.89. The van der Waals surface area contributed by atoms with Crippen LogP contribution < -0.4 is 4.72 Å². The van der Waals surface area contributed by atoms with Gasteiger partial charge in [-0.25, -0.2) is 13.1 Å². The van der Waals surface area contributed by atoms with Crippen LogP contribution in [-0.2, 0) is 16.6 Å². The third kappa shape index (κ3) is 3.49. The van der Waals surface area contributed by atoms with Gasteiger partial charge in [0.15, 0.2) is 0 Å². The van der Waals surface area contributed by atoms with Crippen LogP contribution in [0.4, 0.5) is 5.69 Å². The quantitative estimate of drug-likeness (QED) is 0.644. The molecule has 2 rings (SSSR count). The fourth-order valence-corrected chi connectivity index (χ4v) is 3.11. The van der Waals surface area contributed by atoms with Crippen LogP contribution in [-0.4, -0.2) is 23.1 Å². The molecule has 0 aliphatic carbocycles. The topological polar surface area (TPSA) is 107 Å². The molecular formula is C13H16N4O4S. The van der Waals surface area contributed by atoms with E-state index in [1.807, 2.05) is 6.92 Å². The minimum absolute atomic E-state index is 0.0279. The van der Waals surface area contributed by atoms with E-state index < -0.39 is 21.0 Å². The van der Waals surface area contributed by atoms with Gasteiger partial charge in [-0.1, -0.05) is 0 Å². The van der Waals surface area contributed by atoms with Crippen molar-refractivity contribution in [2.45, 2.75) is 31.3 Å². The molecule has 1 unspecified atom stereocenters. The van der Waals surface area contributed by atoms with Gasteiger partial charge in [-0.15, -0.1) is 0 Å². The van der Waals surface area contributed by atoms with Crippen LogP contribution in [0.2, 0.25) is 0 Å². The van der Waals surface area contributed by atoms with E-state index in [0.29, 0.717) is 12.2 Å². The number of nitro groups is 1. The van der Waals surface area contributed by atoms with Crippen LogP contribution >= 0.6 is 0 Å². The second kappa shape index (κ2) is 6.24. The fraction of sp³-hybridized carbons (Fsp3) is 0.308. The molecule has 0 amide bonds. The first-order valence-corrected chi connectivity index (χ1v) is 8.12. The van der Waals surface area contributed by atoms with E-state index in [-0.39, 0.29) is 10.6 Å². The summed E-state index contributed by atoms with van der Waals surface area (Å²) >= 11 is 0. The standard InChI is InChI=1S/C13H16N4O4S/c1-3-16-9-8-13(14-16)10(2)15-22(20,21)12-6-4-11(5-7-12)17(18)19/h4-10,15H,3H2,1-2H3. The van der Waals surface area contributed by atoms with Gasteiger partial charge in [0.1, 0.15) is 0 Å². The maximum atomic E-state index is 12.3. The van der Waals surface area contributed by atoms with Gasteiger partial charge >= 0.3 is 0 Å². The average Bonchev–Trinajstić information content (AvgIpc) is 2.96. The molecule has 0 spiro atoms.